The van der Waals surface area contributed by atoms with Gasteiger partial charge in [-0.15, -0.1) is 0 Å². The Morgan fingerprint density at radius 1 is 0.329 bits per heavy atom. The number of hydrogen-bond acceptors (Lipinski definition) is 6. The molecule has 6 nitrogen and oxygen atoms in total. The molecule has 0 aliphatic heterocycles. The van der Waals surface area contributed by atoms with Crippen molar-refractivity contribution in [1.29, 1.82) is 0 Å². The Hall–Kier alpha value is -9.52. The summed E-state index contributed by atoms with van der Waals surface area (Å²) in [7, 11) is 0. The van der Waals surface area contributed by atoms with Gasteiger partial charge in [0.05, 0.1) is 0 Å². The summed E-state index contributed by atoms with van der Waals surface area (Å²) in [6.45, 7) is 2.26. The average molecular weight is 943 g/mol. The van der Waals surface area contributed by atoms with Crippen LogP contribution in [0.4, 0.5) is 34.1 Å². The lowest BCUT2D eigenvalue weighted by Gasteiger charge is -2.27. The molecular formula is C67H46N2O4. The van der Waals surface area contributed by atoms with E-state index in [1.165, 1.54) is 5.56 Å². The molecule has 0 bridgehead atoms. The van der Waals surface area contributed by atoms with Crippen molar-refractivity contribution in [1.82, 2.24) is 0 Å². The summed E-state index contributed by atoms with van der Waals surface area (Å²) in [6.07, 6.45) is 5.33. The number of furan rings is 4. The van der Waals surface area contributed by atoms with Gasteiger partial charge in [-0.25, -0.2) is 0 Å². The summed E-state index contributed by atoms with van der Waals surface area (Å²) in [6, 6.07) is 81.0. The van der Waals surface area contributed by atoms with E-state index in [-0.39, 0.29) is 0 Å². The SMILES string of the molecule is CC1CC=Cc2oc(-c3ccc(N(c4ccc(-c5cc6ccccc6o5)cc4)c4ccc5cc(N(c6ccc(-c7cc8ccccc8o7)cc6)c6ccc(-c7cc8ccccc8o7)cc6)ccc5c4)cc3)cc21. The molecule has 0 amide bonds. The topological polar surface area (TPSA) is 59.0 Å². The molecule has 9 aromatic carbocycles. The molecule has 348 valence electrons. The predicted octanol–water partition coefficient (Wildman–Crippen LogP) is 19.8. The molecule has 4 heterocycles. The highest BCUT2D eigenvalue weighted by Gasteiger charge is 2.21. The van der Waals surface area contributed by atoms with E-state index in [1.807, 2.05) is 54.6 Å². The third kappa shape index (κ3) is 7.77. The number of nitrogens with zero attached hydrogens (tertiary/aromatic N) is 2. The Bertz CT molecular complexity index is 3970. The third-order valence-corrected chi connectivity index (χ3v) is 14.3. The lowest BCUT2D eigenvalue weighted by Crippen LogP contribution is -2.10. The van der Waals surface area contributed by atoms with Gasteiger partial charge in [0.2, 0.25) is 0 Å². The van der Waals surface area contributed by atoms with E-state index < -0.39 is 0 Å². The molecule has 0 spiro atoms. The van der Waals surface area contributed by atoms with Crippen molar-refractivity contribution >= 4 is 83.9 Å². The van der Waals surface area contributed by atoms with Crippen LogP contribution in [-0.4, -0.2) is 0 Å². The highest BCUT2D eigenvalue weighted by molar-refractivity contribution is 5.94. The molecule has 73 heavy (non-hydrogen) atoms. The van der Waals surface area contributed by atoms with Crippen molar-refractivity contribution in [3.8, 4) is 45.3 Å². The van der Waals surface area contributed by atoms with Crippen LogP contribution in [0.2, 0.25) is 0 Å². The Labute approximate surface area is 421 Å². The highest BCUT2D eigenvalue weighted by Crippen LogP contribution is 2.43. The first-order valence-corrected chi connectivity index (χ1v) is 24.8. The molecule has 14 rings (SSSR count). The van der Waals surface area contributed by atoms with Crippen LogP contribution in [0.5, 0.6) is 0 Å². The van der Waals surface area contributed by atoms with E-state index in [0.29, 0.717) is 5.92 Å². The molecule has 0 fully saturated rings. The van der Waals surface area contributed by atoms with Gasteiger partial charge in [-0.3, -0.25) is 0 Å². The largest absolute Gasteiger partial charge is 0.456 e. The zero-order chi connectivity index (χ0) is 48.4. The van der Waals surface area contributed by atoms with Crippen molar-refractivity contribution in [2.24, 2.45) is 0 Å². The molecule has 0 saturated heterocycles. The van der Waals surface area contributed by atoms with Crippen molar-refractivity contribution < 1.29 is 17.7 Å². The first-order chi connectivity index (χ1) is 36.0. The number of fused-ring (bicyclic) bond motifs is 5. The zero-order valence-electron chi connectivity index (χ0n) is 39.9. The first-order valence-electron chi connectivity index (χ1n) is 24.8. The number of para-hydroxylation sites is 3. The first kappa shape index (κ1) is 42.4. The van der Waals surface area contributed by atoms with Crippen LogP contribution in [0.3, 0.4) is 0 Å². The van der Waals surface area contributed by atoms with Crippen LogP contribution in [0.25, 0.3) is 95.1 Å². The molecule has 4 aromatic heterocycles. The second-order valence-electron chi connectivity index (χ2n) is 19.0. The van der Waals surface area contributed by atoms with Gasteiger partial charge in [0.25, 0.3) is 0 Å². The lowest BCUT2D eigenvalue weighted by molar-refractivity contribution is 0.559. The number of benzene rings is 9. The van der Waals surface area contributed by atoms with E-state index in [9.17, 15) is 0 Å². The van der Waals surface area contributed by atoms with Gasteiger partial charge in [0.15, 0.2) is 0 Å². The lowest BCUT2D eigenvalue weighted by atomic mass is 9.93. The molecular weight excluding hydrogens is 897 g/mol. The van der Waals surface area contributed by atoms with Crippen LogP contribution < -0.4 is 9.80 Å². The second-order valence-corrected chi connectivity index (χ2v) is 19.0. The van der Waals surface area contributed by atoms with Gasteiger partial charge in [-0.05, 0) is 193 Å². The normalized spacial score (nSPS) is 13.3. The van der Waals surface area contributed by atoms with E-state index in [2.05, 4.69) is 205 Å². The van der Waals surface area contributed by atoms with E-state index in [4.69, 9.17) is 17.7 Å². The molecule has 1 unspecified atom stereocenters. The minimum Gasteiger partial charge on any atom is -0.456 e. The smallest absolute Gasteiger partial charge is 0.135 e. The quantitative estimate of drug-likeness (QED) is 0.136. The van der Waals surface area contributed by atoms with Crippen molar-refractivity contribution in [3.05, 3.63) is 248 Å². The fourth-order valence-corrected chi connectivity index (χ4v) is 10.4. The molecule has 0 radical (unpaired) electrons. The van der Waals surface area contributed by atoms with Gasteiger partial charge in [0.1, 0.15) is 45.6 Å². The minimum absolute atomic E-state index is 0.434. The van der Waals surface area contributed by atoms with Crippen LogP contribution in [-0.2, 0) is 0 Å². The monoisotopic (exact) mass is 942 g/mol. The molecule has 1 atom stereocenters. The number of hydrogen-bond donors (Lipinski definition) is 0. The average Bonchev–Trinajstić information content (AvgIpc) is 4.27. The van der Waals surface area contributed by atoms with Gasteiger partial charge >= 0.3 is 0 Å². The van der Waals surface area contributed by atoms with Crippen LogP contribution in [0.1, 0.15) is 30.6 Å². The predicted molar refractivity (Wildman–Crippen MR) is 299 cm³/mol. The second kappa shape index (κ2) is 17.4. The van der Waals surface area contributed by atoms with Gasteiger partial charge < -0.3 is 27.5 Å². The summed E-state index contributed by atoms with van der Waals surface area (Å²) in [4.78, 5) is 4.62. The number of rotatable bonds is 10. The summed E-state index contributed by atoms with van der Waals surface area (Å²) >= 11 is 0. The summed E-state index contributed by atoms with van der Waals surface area (Å²) in [5, 5.41) is 5.48. The number of anilines is 6. The maximum absolute atomic E-state index is 6.39. The van der Waals surface area contributed by atoms with Crippen molar-refractivity contribution in [3.63, 3.8) is 0 Å². The summed E-state index contributed by atoms with van der Waals surface area (Å²) < 4.78 is 25.2. The zero-order valence-corrected chi connectivity index (χ0v) is 39.9. The summed E-state index contributed by atoms with van der Waals surface area (Å²) in [5.74, 6) is 4.80. The third-order valence-electron chi connectivity index (χ3n) is 14.3. The fourth-order valence-electron chi connectivity index (χ4n) is 10.4. The molecule has 1 aliphatic rings. The standard InChI is InChI=1S/C67H46N2O4/c1-43-9-8-16-63-59(43)42-67(73-63)47-23-33-56(34-24-47)69(55-31-21-46(22-32-55)66-41-52-12-4-7-15-62(52)72-66)58-36-26-48-37-57(35-25-49(48)38-58)68(53-27-17-44(18-28-53)64-39-50-10-2-5-13-60(50)70-64)54-29-19-45(20-30-54)65-40-51-11-3-6-14-61(51)71-65/h2-8,10-43H,9H2,1H3. The molecule has 13 aromatic rings. The van der Waals surface area contributed by atoms with Crippen molar-refractivity contribution in [2.75, 3.05) is 9.80 Å². The van der Waals surface area contributed by atoms with Crippen molar-refractivity contribution in [2.45, 2.75) is 19.3 Å². The van der Waals surface area contributed by atoms with Crippen LogP contribution in [0, 0.1) is 0 Å². The van der Waals surface area contributed by atoms with Crippen LogP contribution >= 0.6 is 0 Å². The Balaban J connectivity index is 0.832. The van der Waals surface area contributed by atoms with Gasteiger partial charge in [-0.1, -0.05) is 79.7 Å². The molecule has 0 saturated carbocycles. The van der Waals surface area contributed by atoms with E-state index in [1.54, 1.807) is 0 Å². The van der Waals surface area contributed by atoms with Gasteiger partial charge in [-0.2, -0.15) is 0 Å². The van der Waals surface area contributed by atoms with E-state index in [0.717, 1.165) is 135 Å². The Kier molecular flexibility index (Phi) is 10.1. The maximum atomic E-state index is 6.39. The fraction of sp³-hybridized carbons (Fsp3) is 0.0448. The Morgan fingerprint density at radius 2 is 0.671 bits per heavy atom. The highest BCUT2D eigenvalue weighted by atomic mass is 16.3. The molecule has 0 N–H and O–H groups in total. The minimum atomic E-state index is 0.434. The van der Waals surface area contributed by atoms with Gasteiger partial charge in [0, 0.05) is 78.1 Å². The number of allylic oxidation sites excluding steroid dienone is 1. The molecule has 6 heteroatoms. The van der Waals surface area contributed by atoms with Crippen LogP contribution in [0.15, 0.2) is 254 Å². The maximum Gasteiger partial charge on any atom is 0.135 e. The molecule has 1 aliphatic carbocycles. The summed E-state index contributed by atoms with van der Waals surface area (Å²) in [5.41, 5.74) is 14.2. The Morgan fingerprint density at radius 3 is 1.03 bits per heavy atom. The van der Waals surface area contributed by atoms with E-state index >= 15 is 0 Å².